The lowest BCUT2D eigenvalue weighted by molar-refractivity contribution is 0.188. The molecule has 1 atom stereocenters. The fourth-order valence-electron chi connectivity index (χ4n) is 3.37. The molecule has 1 saturated carbocycles. The molecule has 1 unspecified atom stereocenters. The first-order valence-electron chi connectivity index (χ1n) is 7.71. The van der Waals surface area contributed by atoms with Gasteiger partial charge in [0.15, 0.2) is 0 Å². The van der Waals surface area contributed by atoms with Gasteiger partial charge in [0.2, 0.25) is 0 Å². The minimum Gasteiger partial charge on any atom is -0.312 e. The summed E-state index contributed by atoms with van der Waals surface area (Å²) < 4.78 is 0. The van der Waals surface area contributed by atoms with Crippen LogP contribution in [-0.4, -0.2) is 37.1 Å². The van der Waals surface area contributed by atoms with Crippen molar-refractivity contribution >= 4 is 0 Å². The fraction of sp³-hybridized carbons (Fsp3) is 1.00. The average Bonchev–Trinajstić information content (AvgIpc) is 2.56. The third-order valence-electron chi connectivity index (χ3n) is 4.56. The molecule has 0 amide bonds. The van der Waals surface area contributed by atoms with Crippen LogP contribution in [0.4, 0.5) is 0 Å². The minimum absolute atomic E-state index is 0.709. The van der Waals surface area contributed by atoms with Gasteiger partial charge < -0.3 is 10.2 Å². The van der Waals surface area contributed by atoms with E-state index in [9.17, 15) is 0 Å². The van der Waals surface area contributed by atoms with Crippen molar-refractivity contribution in [2.75, 3.05) is 26.2 Å². The van der Waals surface area contributed by atoms with Gasteiger partial charge in [-0.2, -0.15) is 0 Å². The first kappa shape index (κ1) is 13.4. The van der Waals surface area contributed by atoms with Gasteiger partial charge in [-0.25, -0.2) is 0 Å². The third-order valence-corrected chi connectivity index (χ3v) is 4.56. The molecule has 0 spiro atoms. The quantitative estimate of drug-likeness (QED) is 0.813. The SMILES string of the molecule is CC(C)C1CN(CC2CCCCC2)CCCN1. The normalized spacial score (nSPS) is 29.5. The van der Waals surface area contributed by atoms with Crippen molar-refractivity contribution in [2.24, 2.45) is 11.8 Å². The molecule has 1 heterocycles. The largest absolute Gasteiger partial charge is 0.312 e. The van der Waals surface area contributed by atoms with E-state index in [0.717, 1.165) is 11.8 Å². The molecular formula is C15H30N2. The zero-order chi connectivity index (χ0) is 12.1. The second-order valence-corrected chi connectivity index (χ2v) is 6.42. The predicted octanol–water partition coefficient (Wildman–Crippen LogP) is 2.89. The molecule has 0 aromatic heterocycles. The van der Waals surface area contributed by atoms with Crippen molar-refractivity contribution in [3.05, 3.63) is 0 Å². The van der Waals surface area contributed by atoms with E-state index in [1.165, 1.54) is 64.7 Å². The number of rotatable bonds is 3. The van der Waals surface area contributed by atoms with Gasteiger partial charge in [0.1, 0.15) is 0 Å². The Morgan fingerprint density at radius 3 is 2.59 bits per heavy atom. The molecule has 17 heavy (non-hydrogen) atoms. The molecule has 1 N–H and O–H groups in total. The highest BCUT2D eigenvalue weighted by Crippen LogP contribution is 2.25. The van der Waals surface area contributed by atoms with Crippen LogP contribution in [0.5, 0.6) is 0 Å². The van der Waals surface area contributed by atoms with E-state index in [1.807, 2.05) is 0 Å². The van der Waals surface area contributed by atoms with E-state index in [4.69, 9.17) is 0 Å². The van der Waals surface area contributed by atoms with E-state index in [-0.39, 0.29) is 0 Å². The Labute approximate surface area is 107 Å². The Morgan fingerprint density at radius 2 is 1.88 bits per heavy atom. The summed E-state index contributed by atoms with van der Waals surface area (Å²) in [5, 5.41) is 3.71. The summed E-state index contributed by atoms with van der Waals surface area (Å²) in [7, 11) is 0. The first-order valence-corrected chi connectivity index (χ1v) is 7.71. The van der Waals surface area contributed by atoms with E-state index in [2.05, 4.69) is 24.1 Å². The lowest BCUT2D eigenvalue weighted by Crippen LogP contribution is -2.42. The van der Waals surface area contributed by atoms with Crippen molar-refractivity contribution in [2.45, 2.75) is 58.4 Å². The molecule has 0 radical (unpaired) electrons. The molecule has 2 heteroatoms. The molecule has 0 bridgehead atoms. The van der Waals surface area contributed by atoms with Crippen LogP contribution in [-0.2, 0) is 0 Å². The third kappa shape index (κ3) is 4.26. The molecular weight excluding hydrogens is 208 g/mol. The molecule has 2 fully saturated rings. The monoisotopic (exact) mass is 238 g/mol. The Hall–Kier alpha value is -0.0800. The van der Waals surface area contributed by atoms with Gasteiger partial charge in [-0.1, -0.05) is 33.1 Å². The Bertz CT molecular complexity index is 209. The van der Waals surface area contributed by atoms with Gasteiger partial charge >= 0.3 is 0 Å². The Morgan fingerprint density at radius 1 is 1.12 bits per heavy atom. The number of hydrogen-bond donors (Lipinski definition) is 1. The highest BCUT2D eigenvalue weighted by molar-refractivity contribution is 4.80. The molecule has 1 saturated heterocycles. The minimum atomic E-state index is 0.709. The van der Waals surface area contributed by atoms with E-state index >= 15 is 0 Å². The highest BCUT2D eigenvalue weighted by Gasteiger charge is 2.23. The first-order chi connectivity index (χ1) is 8.25. The van der Waals surface area contributed by atoms with Crippen LogP contribution < -0.4 is 5.32 Å². The molecule has 100 valence electrons. The van der Waals surface area contributed by atoms with Crippen molar-refractivity contribution in [1.82, 2.24) is 10.2 Å². The lowest BCUT2D eigenvalue weighted by atomic mass is 9.88. The molecule has 2 aliphatic rings. The maximum absolute atomic E-state index is 3.71. The van der Waals surface area contributed by atoms with Crippen molar-refractivity contribution in [3.8, 4) is 0 Å². The van der Waals surface area contributed by atoms with Crippen molar-refractivity contribution in [1.29, 1.82) is 0 Å². The average molecular weight is 238 g/mol. The van der Waals surface area contributed by atoms with Gasteiger partial charge in [-0.15, -0.1) is 0 Å². The summed E-state index contributed by atoms with van der Waals surface area (Å²) in [5.41, 5.74) is 0. The summed E-state index contributed by atoms with van der Waals surface area (Å²) >= 11 is 0. The molecule has 2 nitrogen and oxygen atoms in total. The van der Waals surface area contributed by atoms with E-state index in [1.54, 1.807) is 0 Å². The van der Waals surface area contributed by atoms with Crippen molar-refractivity contribution in [3.63, 3.8) is 0 Å². The smallest absolute Gasteiger partial charge is 0.0217 e. The van der Waals surface area contributed by atoms with Gasteiger partial charge in [0, 0.05) is 19.1 Å². The van der Waals surface area contributed by atoms with Crippen LogP contribution in [0.15, 0.2) is 0 Å². The van der Waals surface area contributed by atoms with Gasteiger partial charge in [0.05, 0.1) is 0 Å². The Kier molecular flexibility index (Phi) is 5.30. The van der Waals surface area contributed by atoms with Crippen molar-refractivity contribution < 1.29 is 0 Å². The number of nitrogens with one attached hydrogen (secondary N) is 1. The zero-order valence-electron chi connectivity index (χ0n) is 11.8. The second-order valence-electron chi connectivity index (χ2n) is 6.42. The Balaban J connectivity index is 1.81. The van der Waals surface area contributed by atoms with Gasteiger partial charge in [0.25, 0.3) is 0 Å². The molecule has 1 aliphatic heterocycles. The summed E-state index contributed by atoms with van der Waals surface area (Å²) in [4.78, 5) is 2.74. The lowest BCUT2D eigenvalue weighted by Gasteiger charge is -2.31. The van der Waals surface area contributed by atoms with Crippen LogP contribution in [0.2, 0.25) is 0 Å². The topological polar surface area (TPSA) is 15.3 Å². The van der Waals surface area contributed by atoms with Gasteiger partial charge in [-0.3, -0.25) is 0 Å². The standard InChI is InChI=1S/C15H30N2/c1-13(2)15-12-17(10-6-9-16-15)11-14-7-4-3-5-8-14/h13-16H,3-12H2,1-2H3. The molecule has 2 rings (SSSR count). The summed E-state index contributed by atoms with van der Waals surface area (Å²) in [6, 6.07) is 0.709. The molecule has 1 aliphatic carbocycles. The van der Waals surface area contributed by atoms with Gasteiger partial charge in [-0.05, 0) is 44.2 Å². The summed E-state index contributed by atoms with van der Waals surface area (Å²) in [6.07, 6.45) is 8.73. The predicted molar refractivity (Wildman–Crippen MR) is 74.3 cm³/mol. The zero-order valence-corrected chi connectivity index (χ0v) is 11.8. The van der Waals surface area contributed by atoms with E-state index < -0.39 is 0 Å². The fourth-order valence-corrected chi connectivity index (χ4v) is 3.37. The maximum atomic E-state index is 3.71. The van der Waals surface area contributed by atoms with Crippen LogP contribution >= 0.6 is 0 Å². The number of nitrogens with zero attached hydrogens (tertiary/aromatic N) is 1. The van der Waals surface area contributed by atoms with Crippen LogP contribution in [0.1, 0.15) is 52.4 Å². The number of hydrogen-bond acceptors (Lipinski definition) is 2. The van der Waals surface area contributed by atoms with E-state index in [0.29, 0.717) is 6.04 Å². The van der Waals surface area contributed by atoms with Crippen LogP contribution in [0.25, 0.3) is 0 Å². The second kappa shape index (κ2) is 6.75. The highest BCUT2D eigenvalue weighted by atomic mass is 15.2. The molecule has 0 aromatic carbocycles. The summed E-state index contributed by atoms with van der Waals surface area (Å²) in [6.45, 7) is 9.86. The summed E-state index contributed by atoms with van der Waals surface area (Å²) in [5.74, 6) is 1.76. The van der Waals surface area contributed by atoms with Crippen LogP contribution in [0.3, 0.4) is 0 Å². The van der Waals surface area contributed by atoms with Crippen LogP contribution in [0, 0.1) is 11.8 Å². The molecule has 0 aromatic rings. The maximum Gasteiger partial charge on any atom is 0.0217 e.